The van der Waals surface area contributed by atoms with E-state index < -0.39 is 0 Å². The van der Waals surface area contributed by atoms with Gasteiger partial charge < -0.3 is 0 Å². The van der Waals surface area contributed by atoms with Crippen LogP contribution in [0.4, 0.5) is 0 Å². The first-order chi connectivity index (χ1) is 9.63. The molecule has 0 radical (unpaired) electrons. The van der Waals surface area contributed by atoms with Crippen molar-refractivity contribution in [1.82, 2.24) is 19.7 Å². The lowest BCUT2D eigenvalue weighted by molar-refractivity contribution is 0.784. The fourth-order valence-electron chi connectivity index (χ4n) is 2.27. The van der Waals surface area contributed by atoms with Crippen LogP contribution < -0.4 is 0 Å². The third-order valence-electron chi connectivity index (χ3n) is 3.16. The maximum Gasteiger partial charge on any atom is 0.250 e. The summed E-state index contributed by atoms with van der Waals surface area (Å²) in [5, 5.41) is 4.53. The standard InChI is InChI=1S/C16H16N4/c1-11-9-12(2)18-16(17-11)20-10-15(13(3)19-20)14-7-5-4-6-8-14/h4-10H,1-3H3. The molecule has 4 nitrogen and oxygen atoms in total. The highest BCUT2D eigenvalue weighted by Crippen LogP contribution is 2.22. The zero-order valence-corrected chi connectivity index (χ0v) is 11.8. The predicted octanol–water partition coefficient (Wildman–Crippen LogP) is 3.25. The van der Waals surface area contributed by atoms with E-state index in [9.17, 15) is 0 Å². The van der Waals surface area contributed by atoms with Crippen molar-refractivity contribution in [3.8, 4) is 17.1 Å². The van der Waals surface area contributed by atoms with Gasteiger partial charge in [0.2, 0.25) is 0 Å². The van der Waals surface area contributed by atoms with Gasteiger partial charge in [0.15, 0.2) is 0 Å². The highest BCUT2D eigenvalue weighted by Gasteiger charge is 2.10. The molecule has 0 saturated carbocycles. The second-order valence-corrected chi connectivity index (χ2v) is 4.89. The summed E-state index contributed by atoms with van der Waals surface area (Å²) in [4.78, 5) is 8.88. The molecule has 0 aliphatic heterocycles. The first-order valence-electron chi connectivity index (χ1n) is 6.58. The maximum atomic E-state index is 4.53. The van der Waals surface area contributed by atoms with E-state index in [4.69, 9.17) is 0 Å². The van der Waals surface area contributed by atoms with E-state index in [1.54, 1.807) is 4.68 Å². The van der Waals surface area contributed by atoms with Crippen LogP contribution in [0.3, 0.4) is 0 Å². The molecule has 0 N–H and O–H groups in total. The van der Waals surface area contributed by atoms with E-state index in [1.165, 1.54) is 0 Å². The average Bonchev–Trinajstić information content (AvgIpc) is 2.81. The molecule has 2 heterocycles. The molecule has 3 rings (SSSR count). The van der Waals surface area contributed by atoms with Crippen molar-refractivity contribution >= 4 is 0 Å². The van der Waals surface area contributed by atoms with Crippen LogP contribution >= 0.6 is 0 Å². The molecule has 0 spiro atoms. The van der Waals surface area contributed by atoms with Gasteiger partial charge in [0.05, 0.1) is 5.69 Å². The summed E-state index contributed by atoms with van der Waals surface area (Å²) >= 11 is 0. The number of nitrogens with zero attached hydrogens (tertiary/aromatic N) is 4. The quantitative estimate of drug-likeness (QED) is 0.713. The fourth-order valence-corrected chi connectivity index (χ4v) is 2.27. The van der Waals surface area contributed by atoms with Crippen LogP contribution in [0.25, 0.3) is 17.1 Å². The van der Waals surface area contributed by atoms with Crippen LogP contribution in [0.15, 0.2) is 42.6 Å². The van der Waals surface area contributed by atoms with Crippen molar-refractivity contribution in [1.29, 1.82) is 0 Å². The third-order valence-corrected chi connectivity index (χ3v) is 3.16. The van der Waals surface area contributed by atoms with Crippen LogP contribution in [-0.2, 0) is 0 Å². The van der Waals surface area contributed by atoms with E-state index >= 15 is 0 Å². The summed E-state index contributed by atoms with van der Waals surface area (Å²) in [5.74, 6) is 0.618. The van der Waals surface area contributed by atoms with Crippen molar-refractivity contribution in [2.75, 3.05) is 0 Å². The SMILES string of the molecule is Cc1cc(C)nc(-n2cc(-c3ccccc3)c(C)n2)n1. The van der Waals surface area contributed by atoms with Crippen molar-refractivity contribution in [2.24, 2.45) is 0 Å². The zero-order chi connectivity index (χ0) is 14.1. The van der Waals surface area contributed by atoms with Gasteiger partial charge in [0.25, 0.3) is 5.95 Å². The number of hydrogen-bond donors (Lipinski definition) is 0. The Labute approximate surface area is 118 Å². The van der Waals surface area contributed by atoms with Crippen LogP contribution in [0.2, 0.25) is 0 Å². The van der Waals surface area contributed by atoms with Gasteiger partial charge in [-0.2, -0.15) is 5.10 Å². The molecule has 0 amide bonds. The summed E-state index contributed by atoms with van der Waals surface area (Å²) in [7, 11) is 0. The minimum Gasteiger partial charge on any atom is -0.216 e. The van der Waals surface area contributed by atoms with Crippen molar-refractivity contribution < 1.29 is 0 Å². The van der Waals surface area contributed by atoms with Crippen LogP contribution in [0.5, 0.6) is 0 Å². The molecule has 4 heteroatoms. The molecule has 0 bridgehead atoms. The Morgan fingerprint density at radius 2 is 1.55 bits per heavy atom. The molecular formula is C16H16N4. The molecule has 0 unspecified atom stereocenters. The second-order valence-electron chi connectivity index (χ2n) is 4.89. The minimum atomic E-state index is 0.618. The Hall–Kier alpha value is -2.49. The van der Waals surface area contributed by atoms with Gasteiger partial charge in [-0.15, -0.1) is 0 Å². The fraction of sp³-hybridized carbons (Fsp3) is 0.188. The molecule has 0 saturated heterocycles. The Morgan fingerprint density at radius 1 is 0.900 bits per heavy atom. The summed E-state index contributed by atoms with van der Waals surface area (Å²) in [6.07, 6.45) is 1.98. The largest absolute Gasteiger partial charge is 0.250 e. The molecule has 3 aromatic rings. The minimum absolute atomic E-state index is 0.618. The Morgan fingerprint density at radius 3 is 2.20 bits per heavy atom. The summed E-state index contributed by atoms with van der Waals surface area (Å²) < 4.78 is 1.75. The molecule has 0 atom stereocenters. The number of aryl methyl sites for hydroxylation is 3. The molecule has 0 aliphatic carbocycles. The van der Waals surface area contributed by atoms with Crippen molar-refractivity contribution in [3.05, 3.63) is 59.7 Å². The second kappa shape index (κ2) is 4.89. The third kappa shape index (κ3) is 2.32. The lowest BCUT2D eigenvalue weighted by Gasteiger charge is -2.02. The molecule has 1 aromatic carbocycles. The first kappa shape index (κ1) is 12.5. The highest BCUT2D eigenvalue weighted by molar-refractivity contribution is 5.65. The van der Waals surface area contributed by atoms with E-state index in [0.717, 1.165) is 28.2 Å². The Balaban J connectivity index is 2.09. The molecule has 0 fully saturated rings. The number of aromatic nitrogens is 4. The topological polar surface area (TPSA) is 43.6 Å². The van der Waals surface area contributed by atoms with Gasteiger partial charge in [-0.1, -0.05) is 30.3 Å². The van der Waals surface area contributed by atoms with E-state index in [-0.39, 0.29) is 0 Å². The molecule has 100 valence electrons. The van der Waals surface area contributed by atoms with E-state index in [2.05, 4.69) is 27.2 Å². The smallest absolute Gasteiger partial charge is 0.216 e. The van der Waals surface area contributed by atoms with Crippen LogP contribution in [-0.4, -0.2) is 19.7 Å². The molecule has 0 aliphatic rings. The van der Waals surface area contributed by atoms with Gasteiger partial charge in [-0.3, -0.25) is 0 Å². The lowest BCUT2D eigenvalue weighted by atomic mass is 10.1. The molecular weight excluding hydrogens is 248 g/mol. The van der Waals surface area contributed by atoms with Crippen LogP contribution in [0.1, 0.15) is 17.1 Å². The average molecular weight is 264 g/mol. The summed E-state index contributed by atoms with van der Waals surface area (Å²) in [5.41, 5.74) is 5.12. The summed E-state index contributed by atoms with van der Waals surface area (Å²) in [6.45, 7) is 5.93. The highest BCUT2D eigenvalue weighted by atomic mass is 15.3. The monoisotopic (exact) mass is 264 g/mol. The number of benzene rings is 1. The Kier molecular flexibility index (Phi) is 3.06. The van der Waals surface area contributed by atoms with Gasteiger partial charge in [0.1, 0.15) is 0 Å². The first-order valence-corrected chi connectivity index (χ1v) is 6.58. The van der Waals surface area contributed by atoms with Gasteiger partial charge in [-0.05, 0) is 32.4 Å². The van der Waals surface area contributed by atoms with Gasteiger partial charge in [-0.25, -0.2) is 14.6 Å². The zero-order valence-electron chi connectivity index (χ0n) is 11.8. The van der Waals surface area contributed by atoms with Gasteiger partial charge >= 0.3 is 0 Å². The maximum absolute atomic E-state index is 4.53. The number of hydrogen-bond acceptors (Lipinski definition) is 3. The Bertz CT molecular complexity index is 724. The van der Waals surface area contributed by atoms with E-state index in [0.29, 0.717) is 5.95 Å². The number of rotatable bonds is 2. The summed E-state index contributed by atoms with van der Waals surface area (Å²) in [6, 6.07) is 12.2. The lowest BCUT2D eigenvalue weighted by Crippen LogP contribution is -2.04. The van der Waals surface area contributed by atoms with Gasteiger partial charge in [0, 0.05) is 23.1 Å². The normalized spacial score (nSPS) is 10.8. The van der Waals surface area contributed by atoms with Crippen LogP contribution in [0, 0.1) is 20.8 Å². The van der Waals surface area contributed by atoms with Crippen molar-refractivity contribution in [2.45, 2.75) is 20.8 Å². The van der Waals surface area contributed by atoms with Crippen molar-refractivity contribution in [3.63, 3.8) is 0 Å². The predicted molar refractivity (Wildman–Crippen MR) is 78.8 cm³/mol. The molecule has 2 aromatic heterocycles. The van der Waals surface area contributed by atoms with E-state index in [1.807, 2.05) is 51.2 Å². The molecule has 20 heavy (non-hydrogen) atoms.